The van der Waals surface area contributed by atoms with E-state index in [1.165, 1.54) is 212 Å². The van der Waals surface area contributed by atoms with Crippen LogP contribution in [0.3, 0.4) is 0 Å². The van der Waals surface area contributed by atoms with Crippen LogP contribution in [0.2, 0.25) is 0 Å². The number of quaternary nitrogens is 1. The van der Waals surface area contributed by atoms with Gasteiger partial charge in [0.15, 0.2) is 0 Å². The Morgan fingerprint density at radius 2 is 0.855 bits per heavy atom. The Balaban J connectivity index is 3.76. The fraction of sp³-hybridized carbons (Fsp3) is 0.850. The van der Waals surface area contributed by atoms with E-state index in [4.69, 9.17) is 9.05 Å². The van der Waals surface area contributed by atoms with Gasteiger partial charge >= 0.3 is 7.82 Å². The lowest BCUT2D eigenvalue weighted by Gasteiger charge is -2.25. The van der Waals surface area contributed by atoms with Gasteiger partial charge in [-0.05, 0) is 57.8 Å². The van der Waals surface area contributed by atoms with Crippen LogP contribution < -0.4 is 5.32 Å². The molecule has 0 radical (unpaired) electrons. The van der Waals surface area contributed by atoms with Crippen LogP contribution in [0.4, 0.5) is 0 Å². The zero-order chi connectivity index (χ0) is 50.6. The first-order valence-corrected chi connectivity index (χ1v) is 31.0. The summed E-state index contributed by atoms with van der Waals surface area (Å²) in [6, 6.07) is -0.859. The predicted octanol–water partition coefficient (Wildman–Crippen LogP) is 17.9. The molecule has 0 bridgehead atoms. The van der Waals surface area contributed by atoms with E-state index in [0.717, 1.165) is 44.9 Å². The summed E-state index contributed by atoms with van der Waals surface area (Å²) in [5.74, 6) is -0.187. The zero-order valence-corrected chi connectivity index (χ0v) is 47.2. The first kappa shape index (κ1) is 67.5. The van der Waals surface area contributed by atoms with Crippen molar-refractivity contribution in [1.29, 1.82) is 0 Å². The molecule has 0 fully saturated rings. The first-order valence-electron chi connectivity index (χ1n) is 29.5. The van der Waals surface area contributed by atoms with Gasteiger partial charge in [-0.3, -0.25) is 13.8 Å². The molecule has 0 aromatic heterocycles. The van der Waals surface area contributed by atoms with E-state index in [1.807, 2.05) is 27.2 Å². The number of aliphatic hydroxyl groups is 1. The van der Waals surface area contributed by atoms with E-state index < -0.39 is 20.0 Å². The standard InChI is InChI=1S/C60H115N2O6P/c1-6-8-10-12-14-16-17-18-19-20-21-22-23-24-25-26-27-28-29-30-31-32-33-34-35-36-37-38-39-40-41-42-43-44-45-46-48-50-52-54-60(64)61-58(57-68-69(65,66)67-56-55-62(3,4)5)59(63)53-51-49-47-15-13-11-9-7-2/h13,15,17-18,20-21,51,53,58-59,63H,6-12,14,16,19,22-50,52,54-57H2,1-5H3,(H-,61,64,65,66)/p+1/b15-13+,18-17-,21-20-,53-51+. The topological polar surface area (TPSA) is 105 Å². The van der Waals surface area contributed by atoms with Crippen molar-refractivity contribution in [3.63, 3.8) is 0 Å². The number of nitrogens with zero attached hydrogens (tertiary/aromatic N) is 1. The van der Waals surface area contributed by atoms with Gasteiger partial charge in [0.05, 0.1) is 39.9 Å². The Morgan fingerprint density at radius 3 is 1.29 bits per heavy atom. The number of rotatable bonds is 54. The normalized spacial score (nSPS) is 14.2. The molecule has 0 rings (SSSR count). The van der Waals surface area contributed by atoms with Gasteiger partial charge < -0.3 is 19.8 Å². The summed E-state index contributed by atoms with van der Waals surface area (Å²) in [5.41, 5.74) is 0. The number of amides is 1. The summed E-state index contributed by atoms with van der Waals surface area (Å²) >= 11 is 0. The maximum Gasteiger partial charge on any atom is 0.472 e. The van der Waals surface area contributed by atoms with Gasteiger partial charge in [0, 0.05) is 6.42 Å². The number of allylic oxidation sites excluding steroid dienone is 7. The quantitative estimate of drug-likeness (QED) is 0.0243. The molecule has 406 valence electrons. The Kier molecular flexibility index (Phi) is 50.2. The lowest BCUT2D eigenvalue weighted by molar-refractivity contribution is -0.870. The van der Waals surface area contributed by atoms with Gasteiger partial charge in [-0.25, -0.2) is 4.57 Å². The van der Waals surface area contributed by atoms with E-state index in [0.29, 0.717) is 17.4 Å². The maximum atomic E-state index is 12.9. The molecule has 3 unspecified atom stereocenters. The second kappa shape index (κ2) is 51.4. The number of carbonyl (C=O) groups is 1. The molecule has 3 atom stereocenters. The third kappa shape index (κ3) is 54.1. The fourth-order valence-corrected chi connectivity index (χ4v) is 9.34. The van der Waals surface area contributed by atoms with Crippen molar-refractivity contribution in [3.05, 3.63) is 48.6 Å². The van der Waals surface area contributed by atoms with Crippen molar-refractivity contribution in [1.82, 2.24) is 5.32 Å². The molecule has 0 spiro atoms. The number of aliphatic hydroxyl groups excluding tert-OH is 1. The molecule has 8 nitrogen and oxygen atoms in total. The summed E-state index contributed by atoms with van der Waals surface area (Å²) in [5, 5.41) is 13.8. The molecule has 9 heteroatoms. The largest absolute Gasteiger partial charge is 0.472 e. The molecule has 0 aliphatic rings. The van der Waals surface area contributed by atoms with Crippen molar-refractivity contribution in [3.8, 4) is 0 Å². The van der Waals surface area contributed by atoms with E-state index in [-0.39, 0.29) is 19.1 Å². The maximum absolute atomic E-state index is 12.9. The van der Waals surface area contributed by atoms with Crippen molar-refractivity contribution < 1.29 is 32.9 Å². The molecule has 0 saturated carbocycles. The SMILES string of the molecule is CCCC/C=C/CC/C=C/C(O)C(COP(=O)(O)OCC[N+](C)(C)C)NC(=O)CCCCCCCCCCCCCCCCCCCCCCCCCCCCC/C=C\C/C=C\CCCCCCC. The average Bonchev–Trinajstić information content (AvgIpc) is 3.31. The molecule has 3 N–H and O–H groups in total. The number of phosphoric acid groups is 1. The highest BCUT2D eigenvalue weighted by molar-refractivity contribution is 7.47. The third-order valence-electron chi connectivity index (χ3n) is 13.3. The number of carbonyl (C=O) groups excluding carboxylic acids is 1. The molecule has 0 saturated heterocycles. The van der Waals surface area contributed by atoms with Crippen LogP contribution in [-0.2, 0) is 18.4 Å². The molecule has 0 aliphatic heterocycles. The fourth-order valence-electron chi connectivity index (χ4n) is 8.61. The van der Waals surface area contributed by atoms with Gasteiger partial charge in [0.2, 0.25) is 5.91 Å². The minimum Gasteiger partial charge on any atom is -0.387 e. The van der Waals surface area contributed by atoms with Crippen LogP contribution in [0.1, 0.15) is 277 Å². The highest BCUT2D eigenvalue weighted by atomic mass is 31.2. The number of hydrogen-bond donors (Lipinski definition) is 3. The Labute approximate surface area is 429 Å². The average molecular weight is 993 g/mol. The second-order valence-corrected chi connectivity index (χ2v) is 22.8. The molecule has 0 aromatic carbocycles. The minimum absolute atomic E-state index is 0.0566. The number of unbranched alkanes of at least 4 members (excludes halogenated alkanes) is 35. The number of phosphoric ester groups is 1. The Morgan fingerprint density at radius 1 is 0.493 bits per heavy atom. The van der Waals surface area contributed by atoms with Gasteiger partial charge in [-0.15, -0.1) is 0 Å². The minimum atomic E-state index is -4.34. The Hall–Kier alpha value is -1.54. The summed E-state index contributed by atoms with van der Waals surface area (Å²) in [6.45, 7) is 4.72. The summed E-state index contributed by atoms with van der Waals surface area (Å²) < 4.78 is 23.5. The molecule has 1 amide bonds. The lowest BCUT2D eigenvalue weighted by atomic mass is 10.0. The smallest absolute Gasteiger partial charge is 0.387 e. The first-order chi connectivity index (χ1) is 33.5. The van der Waals surface area contributed by atoms with Crippen LogP contribution in [0.5, 0.6) is 0 Å². The molecule has 0 aliphatic carbocycles. The van der Waals surface area contributed by atoms with Crippen molar-refractivity contribution in [2.45, 2.75) is 289 Å². The number of nitrogens with one attached hydrogen (secondary N) is 1. The highest BCUT2D eigenvalue weighted by Crippen LogP contribution is 2.43. The summed E-state index contributed by atoms with van der Waals surface area (Å²) in [6.07, 6.45) is 68.5. The molecular weight excluding hydrogens is 876 g/mol. The highest BCUT2D eigenvalue weighted by Gasteiger charge is 2.27. The monoisotopic (exact) mass is 992 g/mol. The van der Waals surface area contributed by atoms with Gasteiger partial charge in [0.1, 0.15) is 13.2 Å². The molecule has 69 heavy (non-hydrogen) atoms. The van der Waals surface area contributed by atoms with Crippen molar-refractivity contribution in [2.75, 3.05) is 40.9 Å². The van der Waals surface area contributed by atoms with Crippen molar-refractivity contribution >= 4 is 13.7 Å². The van der Waals surface area contributed by atoms with Gasteiger partial charge in [0.25, 0.3) is 0 Å². The lowest BCUT2D eigenvalue weighted by Crippen LogP contribution is -2.45. The van der Waals surface area contributed by atoms with E-state index >= 15 is 0 Å². The van der Waals surface area contributed by atoms with Gasteiger partial charge in [-0.1, -0.05) is 262 Å². The second-order valence-electron chi connectivity index (χ2n) is 21.4. The van der Waals surface area contributed by atoms with E-state index in [2.05, 4.69) is 55.6 Å². The molecule has 0 heterocycles. The van der Waals surface area contributed by atoms with Crippen LogP contribution >= 0.6 is 7.82 Å². The predicted molar refractivity (Wildman–Crippen MR) is 300 cm³/mol. The van der Waals surface area contributed by atoms with Crippen LogP contribution in [0.25, 0.3) is 0 Å². The third-order valence-corrected chi connectivity index (χ3v) is 14.3. The van der Waals surface area contributed by atoms with Crippen LogP contribution in [-0.4, -0.2) is 73.4 Å². The molecule has 0 aromatic rings. The zero-order valence-electron chi connectivity index (χ0n) is 46.3. The summed E-state index contributed by atoms with van der Waals surface area (Å²) in [4.78, 5) is 23.1. The number of hydrogen-bond acceptors (Lipinski definition) is 5. The van der Waals surface area contributed by atoms with Crippen molar-refractivity contribution in [2.24, 2.45) is 0 Å². The van der Waals surface area contributed by atoms with E-state index in [9.17, 15) is 19.4 Å². The molecular formula is C60H116N2O6P+. The summed E-state index contributed by atoms with van der Waals surface area (Å²) in [7, 11) is 1.56. The van der Waals surface area contributed by atoms with Gasteiger partial charge in [-0.2, -0.15) is 0 Å². The van der Waals surface area contributed by atoms with Crippen LogP contribution in [0, 0.1) is 0 Å². The van der Waals surface area contributed by atoms with E-state index in [1.54, 1.807) is 6.08 Å². The Bertz CT molecular complexity index is 1260. The van der Waals surface area contributed by atoms with Crippen LogP contribution in [0.15, 0.2) is 48.6 Å². The number of likely N-dealkylation sites (N-methyl/N-ethyl adjacent to an activating group) is 1.